The number of anilines is 1. The van der Waals surface area contributed by atoms with Crippen molar-refractivity contribution in [2.24, 2.45) is 0 Å². The number of sulfonamides is 1. The number of hydrogen-bond donors (Lipinski definition) is 1. The standard InChI is InChI=1S/C24H21Cl2FN2O3S/c1-15(24(30)28-22-13-6-16-4-2-3-5-20(16)22)29(23-14-18(26)9-12-21(23)27)33(31,32)19-10-7-17(25)8-11-19/h2-5,7-12,14-15,22H,6,13H2,1H3,(H,28,30)/t15-,22?/m1/s1. The van der Waals surface area contributed by atoms with Crippen molar-refractivity contribution in [1.29, 1.82) is 0 Å². The molecule has 172 valence electrons. The van der Waals surface area contributed by atoms with E-state index < -0.39 is 27.8 Å². The summed E-state index contributed by atoms with van der Waals surface area (Å²) in [6, 6.07) is 15.3. The zero-order chi connectivity index (χ0) is 23.8. The van der Waals surface area contributed by atoms with Crippen LogP contribution in [0.3, 0.4) is 0 Å². The highest BCUT2D eigenvalue weighted by atomic mass is 35.5. The Balaban J connectivity index is 1.72. The van der Waals surface area contributed by atoms with Gasteiger partial charge in [0, 0.05) is 10.0 Å². The van der Waals surface area contributed by atoms with Crippen LogP contribution < -0.4 is 9.62 Å². The maximum Gasteiger partial charge on any atom is 0.265 e. The Morgan fingerprint density at radius 2 is 1.73 bits per heavy atom. The van der Waals surface area contributed by atoms with Crippen molar-refractivity contribution in [3.05, 3.63) is 93.7 Å². The van der Waals surface area contributed by atoms with E-state index in [-0.39, 0.29) is 21.6 Å². The van der Waals surface area contributed by atoms with E-state index in [2.05, 4.69) is 5.32 Å². The summed E-state index contributed by atoms with van der Waals surface area (Å²) in [5, 5.41) is 3.42. The van der Waals surface area contributed by atoms with Gasteiger partial charge in [-0.3, -0.25) is 9.10 Å². The highest BCUT2D eigenvalue weighted by molar-refractivity contribution is 7.93. The summed E-state index contributed by atoms with van der Waals surface area (Å²) in [6.07, 6.45) is 1.51. The normalized spacial score (nSPS) is 16.2. The maximum absolute atomic E-state index is 14.8. The van der Waals surface area contributed by atoms with Gasteiger partial charge in [0.2, 0.25) is 5.91 Å². The number of aryl methyl sites for hydroxylation is 1. The molecule has 3 aromatic rings. The second kappa shape index (κ2) is 9.33. The van der Waals surface area contributed by atoms with Gasteiger partial charge in [-0.05, 0) is 73.4 Å². The van der Waals surface area contributed by atoms with Crippen molar-refractivity contribution in [1.82, 2.24) is 5.32 Å². The quantitative estimate of drug-likeness (QED) is 0.478. The molecule has 0 aliphatic heterocycles. The summed E-state index contributed by atoms with van der Waals surface area (Å²) >= 11 is 12.0. The van der Waals surface area contributed by atoms with Crippen molar-refractivity contribution >= 4 is 44.8 Å². The first kappa shape index (κ1) is 23.5. The minimum absolute atomic E-state index is 0.128. The zero-order valence-electron chi connectivity index (χ0n) is 17.6. The molecule has 33 heavy (non-hydrogen) atoms. The van der Waals surface area contributed by atoms with E-state index in [1.54, 1.807) is 0 Å². The van der Waals surface area contributed by atoms with Crippen molar-refractivity contribution < 1.29 is 17.6 Å². The third-order valence-electron chi connectivity index (χ3n) is 5.70. The number of hydrogen-bond acceptors (Lipinski definition) is 3. The molecule has 0 heterocycles. The predicted octanol–water partition coefficient (Wildman–Crippen LogP) is 5.52. The molecule has 3 aromatic carbocycles. The molecular weight excluding hydrogens is 486 g/mol. The smallest absolute Gasteiger partial charge is 0.265 e. The van der Waals surface area contributed by atoms with Gasteiger partial charge < -0.3 is 5.32 Å². The summed E-state index contributed by atoms with van der Waals surface area (Å²) in [6.45, 7) is 1.42. The van der Waals surface area contributed by atoms with Gasteiger partial charge in [0.05, 0.1) is 16.6 Å². The van der Waals surface area contributed by atoms with Crippen LogP contribution in [0.25, 0.3) is 0 Å². The molecule has 0 saturated heterocycles. The van der Waals surface area contributed by atoms with Crippen LogP contribution in [0.15, 0.2) is 71.6 Å². The number of nitrogens with one attached hydrogen (secondary N) is 1. The van der Waals surface area contributed by atoms with Crippen LogP contribution in [-0.2, 0) is 21.2 Å². The van der Waals surface area contributed by atoms with Gasteiger partial charge in [0.15, 0.2) is 0 Å². The third-order valence-corrected chi connectivity index (χ3v) is 8.08. The second-order valence-corrected chi connectivity index (χ2v) is 10.5. The molecule has 0 bridgehead atoms. The van der Waals surface area contributed by atoms with E-state index in [9.17, 15) is 17.6 Å². The van der Waals surface area contributed by atoms with Crippen molar-refractivity contribution in [2.45, 2.75) is 36.7 Å². The van der Waals surface area contributed by atoms with Crippen LogP contribution in [0, 0.1) is 5.82 Å². The number of benzene rings is 3. The lowest BCUT2D eigenvalue weighted by Crippen LogP contribution is -2.49. The average Bonchev–Trinajstić information content (AvgIpc) is 3.19. The summed E-state index contributed by atoms with van der Waals surface area (Å²) in [4.78, 5) is 13.1. The predicted molar refractivity (Wildman–Crippen MR) is 128 cm³/mol. The lowest BCUT2D eigenvalue weighted by molar-refractivity contribution is -0.122. The first-order valence-electron chi connectivity index (χ1n) is 10.3. The van der Waals surface area contributed by atoms with Crippen LogP contribution in [0.5, 0.6) is 0 Å². The fourth-order valence-electron chi connectivity index (χ4n) is 4.03. The zero-order valence-corrected chi connectivity index (χ0v) is 20.0. The molecule has 0 saturated carbocycles. The fourth-order valence-corrected chi connectivity index (χ4v) is 5.94. The van der Waals surface area contributed by atoms with Crippen molar-refractivity contribution in [3.8, 4) is 0 Å². The van der Waals surface area contributed by atoms with Crippen LogP contribution in [0.4, 0.5) is 10.1 Å². The fraction of sp³-hybridized carbons (Fsp3) is 0.208. The number of amides is 1. The Kier molecular flexibility index (Phi) is 6.66. The number of nitrogens with zero attached hydrogens (tertiary/aromatic N) is 1. The van der Waals surface area contributed by atoms with Crippen LogP contribution in [0.2, 0.25) is 10.0 Å². The highest BCUT2D eigenvalue weighted by Gasteiger charge is 2.36. The molecule has 2 atom stereocenters. The summed E-state index contributed by atoms with van der Waals surface area (Å²) in [7, 11) is -4.33. The number of halogens is 3. The number of fused-ring (bicyclic) bond motifs is 1. The second-order valence-electron chi connectivity index (χ2n) is 7.83. The first-order chi connectivity index (χ1) is 15.7. The summed E-state index contributed by atoms with van der Waals surface area (Å²) in [5.41, 5.74) is 1.83. The maximum atomic E-state index is 14.8. The Bertz CT molecular complexity index is 1300. The molecule has 1 aliphatic rings. The van der Waals surface area contributed by atoms with Gasteiger partial charge in [-0.25, -0.2) is 12.8 Å². The van der Waals surface area contributed by atoms with E-state index in [4.69, 9.17) is 23.2 Å². The molecular formula is C24H21Cl2FN2O3S. The molecule has 0 fully saturated rings. The Morgan fingerprint density at radius 1 is 1.06 bits per heavy atom. The van der Waals surface area contributed by atoms with Gasteiger partial charge in [-0.15, -0.1) is 0 Å². The molecule has 5 nitrogen and oxygen atoms in total. The largest absolute Gasteiger partial charge is 0.347 e. The number of carbonyl (C=O) groups excluding carboxylic acids is 1. The van der Waals surface area contributed by atoms with Gasteiger partial charge >= 0.3 is 0 Å². The highest BCUT2D eigenvalue weighted by Crippen LogP contribution is 2.33. The van der Waals surface area contributed by atoms with Crippen LogP contribution >= 0.6 is 23.2 Å². The van der Waals surface area contributed by atoms with Crippen molar-refractivity contribution in [2.75, 3.05) is 4.31 Å². The first-order valence-corrected chi connectivity index (χ1v) is 12.5. The topological polar surface area (TPSA) is 66.5 Å². The molecule has 0 radical (unpaired) electrons. The minimum Gasteiger partial charge on any atom is -0.347 e. The number of rotatable bonds is 6. The van der Waals surface area contributed by atoms with Crippen molar-refractivity contribution in [3.63, 3.8) is 0 Å². The van der Waals surface area contributed by atoms with E-state index in [1.165, 1.54) is 43.3 Å². The lowest BCUT2D eigenvalue weighted by atomic mass is 10.1. The van der Waals surface area contributed by atoms with Gasteiger partial charge in [0.1, 0.15) is 11.9 Å². The third kappa shape index (κ3) is 4.71. The average molecular weight is 507 g/mol. The molecule has 0 aromatic heterocycles. The molecule has 1 N–H and O–H groups in total. The molecule has 1 amide bonds. The van der Waals surface area contributed by atoms with Gasteiger partial charge in [-0.1, -0.05) is 47.5 Å². The monoisotopic (exact) mass is 506 g/mol. The minimum atomic E-state index is -4.33. The number of carbonyl (C=O) groups is 1. The Labute approximate surface area is 202 Å². The van der Waals surface area contributed by atoms with E-state index in [0.717, 1.165) is 27.9 Å². The lowest BCUT2D eigenvalue weighted by Gasteiger charge is -2.31. The van der Waals surface area contributed by atoms with E-state index in [1.807, 2.05) is 24.3 Å². The summed E-state index contributed by atoms with van der Waals surface area (Å²) in [5.74, 6) is -1.36. The molecule has 0 spiro atoms. The van der Waals surface area contributed by atoms with Gasteiger partial charge in [0.25, 0.3) is 10.0 Å². The van der Waals surface area contributed by atoms with E-state index in [0.29, 0.717) is 11.4 Å². The molecule has 1 unspecified atom stereocenters. The van der Waals surface area contributed by atoms with Gasteiger partial charge in [-0.2, -0.15) is 0 Å². The van der Waals surface area contributed by atoms with Crippen LogP contribution in [0.1, 0.15) is 30.5 Å². The Hall–Kier alpha value is -2.61. The van der Waals surface area contributed by atoms with Crippen LogP contribution in [-0.4, -0.2) is 20.4 Å². The molecule has 4 rings (SSSR count). The Morgan fingerprint density at radius 3 is 2.45 bits per heavy atom. The molecule has 1 aliphatic carbocycles. The molecule has 9 heteroatoms. The van der Waals surface area contributed by atoms with E-state index >= 15 is 0 Å². The SMILES string of the molecule is C[C@H](C(=O)NC1CCc2ccccc21)N(c1cc(Cl)ccc1F)S(=O)(=O)c1ccc(Cl)cc1. The summed E-state index contributed by atoms with van der Waals surface area (Å²) < 4.78 is 42.8.